The van der Waals surface area contributed by atoms with E-state index in [0.717, 1.165) is 41.3 Å². The second-order valence-corrected chi connectivity index (χ2v) is 7.50. The van der Waals surface area contributed by atoms with E-state index in [1.54, 1.807) is 6.20 Å². The lowest BCUT2D eigenvalue weighted by molar-refractivity contribution is 0.628. The van der Waals surface area contributed by atoms with Crippen molar-refractivity contribution in [3.63, 3.8) is 0 Å². The molecule has 0 saturated carbocycles. The van der Waals surface area contributed by atoms with Crippen LogP contribution in [0.3, 0.4) is 0 Å². The van der Waals surface area contributed by atoms with E-state index in [4.69, 9.17) is 4.98 Å². The van der Waals surface area contributed by atoms with Gasteiger partial charge in [-0.15, -0.1) is 0 Å². The molecule has 0 unspecified atom stereocenters. The molecule has 2 aromatic heterocycles. The highest BCUT2D eigenvalue weighted by Gasteiger charge is 2.26. The highest BCUT2D eigenvalue weighted by molar-refractivity contribution is 5.96. The number of imidazole rings is 1. The van der Waals surface area contributed by atoms with Gasteiger partial charge in [0.2, 0.25) is 0 Å². The zero-order valence-corrected chi connectivity index (χ0v) is 16.0. The van der Waals surface area contributed by atoms with Crippen molar-refractivity contribution in [1.82, 2.24) is 14.5 Å². The number of hydrogen-bond acceptors (Lipinski definition) is 4. The minimum Gasteiger partial charge on any atom is -0.363 e. The molecule has 0 bridgehead atoms. The Morgan fingerprint density at radius 1 is 1.30 bits per heavy atom. The van der Waals surface area contributed by atoms with Gasteiger partial charge in [-0.25, -0.2) is 9.37 Å². The van der Waals surface area contributed by atoms with Gasteiger partial charge in [-0.1, -0.05) is 13.8 Å². The maximum atomic E-state index is 14.1. The first-order valence-corrected chi connectivity index (χ1v) is 9.19. The molecule has 27 heavy (non-hydrogen) atoms. The van der Waals surface area contributed by atoms with Crippen LogP contribution in [0.2, 0.25) is 0 Å². The lowest BCUT2D eigenvalue weighted by atomic mass is 10.0. The summed E-state index contributed by atoms with van der Waals surface area (Å²) in [5.74, 6) is 1.11. The SMILES string of the molecule is Cc1cc(F)cc2c(N3CCc4c(nc(C(C)C)n4C)C3)c(C#N)cnc12. The molecule has 6 heteroatoms. The number of nitriles is 1. The van der Waals surface area contributed by atoms with E-state index in [9.17, 15) is 9.65 Å². The first kappa shape index (κ1) is 17.5. The molecule has 0 N–H and O–H groups in total. The average molecular weight is 363 g/mol. The Morgan fingerprint density at radius 2 is 2.07 bits per heavy atom. The molecule has 0 aliphatic carbocycles. The molecule has 5 nitrogen and oxygen atoms in total. The summed E-state index contributed by atoms with van der Waals surface area (Å²) in [6, 6.07) is 5.19. The Hall–Kier alpha value is -2.94. The van der Waals surface area contributed by atoms with Gasteiger partial charge in [-0.05, 0) is 24.6 Å². The maximum absolute atomic E-state index is 14.1. The standard InChI is InChI=1S/C21H22FN5/c1-12(2)21-25-17-11-27(6-5-18(17)26(21)4)20-14(9-23)10-24-19-13(3)7-15(22)8-16(19)20/h7-8,10,12H,5-6,11H2,1-4H3. The highest BCUT2D eigenvalue weighted by Crippen LogP contribution is 2.35. The third-order valence-electron chi connectivity index (χ3n) is 5.34. The molecule has 3 aromatic rings. The van der Waals surface area contributed by atoms with Crippen LogP contribution < -0.4 is 4.90 Å². The van der Waals surface area contributed by atoms with Crippen LogP contribution >= 0.6 is 0 Å². The van der Waals surface area contributed by atoms with Gasteiger partial charge in [-0.3, -0.25) is 4.98 Å². The molecule has 1 aliphatic heterocycles. The van der Waals surface area contributed by atoms with Gasteiger partial charge in [0.1, 0.15) is 17.7 Å². The first-order chi connectivity index (χ1) is 12.9. The van der Waals surface area contributed by atoms with E-state index in [1.165, 1.54) is 17.8 Å². The molecule has 0 fully saturated rings. The molecule has 0 spiro atoms. The van der Waals surface area contributed by atoms with E-state index in [2.05, 4.69) is 41.4 Å². The number of benzene rings is 1. The van der Waals surface area contributed by atoms with Crippen molar-refractivity contribution < 1.29 is 4.39 Å². The summed E-state index contributed by atoms with van der Waals surface area (Å²) in [5, 5.41) is 10.3. The van der Waals surface area contributed by atoms with Gasteiger partial charge in [-0.2, -0.15) is 5.26 Å². The second kappa shape index (κ2) is 6.34. The molecular weight excluding hydrogens is 341 g/mol. The quantitative estimate of drug-likeness (QED) is 0.691. The fourth-order valence-corrected chi connectivity index (χ4v) is 4.10. The van der Waals surface area contributed by atoms with Gasteiger partial charge in [0.05, 0.1) is 29.0 Å². The topological polar surface area (TPSA) is 57.7 Å². The molecule has 3 heterocycles. The van der Waals surface area contributed by atoms with Crippen LogP contribution in [0, 0.1) is 24.1 Å². The number of pyridine rings is 1. The molecule has 0 atom stereocenters. The Labute approximate surface area is 158 Å². The fraction of sp³-hybridized carbons (Fsp3) is 0.381. The Morgan fingerprint density at radius 3 is 2.78 bits per heavy atom. The molecule has 138 valence electrons. The highest BCUT2D eigenvalue weighted by atomic mass is 19.1. The monoisotopic (exact) mass is 363 g/mol. The maximum Gasteiger partial charge on any atom is 0.124 e. The number of halogens is 1. The summed E-state index contributed by atoms with van der Waals surface area (Å²) < 4.78 is 16.3. The molecular formula is C21H22FN5. The number of rotatable bonds is 2. The summed E-state index contributed by atoms with van der Waals surface area (Å²) in [5.41, 5.74) is 5.01. The minimum atomic E-state index is -0.309. The Balaban J connectivity index is 1.86. The van der Waals surface area contributed by atoms with Crippen molar-refractivity contribution in [2.75, 3.05) is 11.4 Å². The molecule has 4 rings (SSSR count). The number of aryl methyl sites for hydroxylation is 1. The summed E-state index contributed by atoms with van der Waals surface area (Å²) >= 11 is 0. The number of fused-ring (bicyclic) bond motifs is 2. The predicted octanol–water partition coefficient (Wildman–Crippen LogP) is 3.97. The van der Waals surface area contributed by atoms with Gasteiger partial charge in [0.25, 0.3) is 0 Å². The van der Waals surface area contributed by atoms with Gasteiger partial charge < -0.3 is 9.47 Å². The summed E-state index contributed by atoms with van der Waals surface area (Å²) in [6.07, 6.45) is 2.44. The fourth-order valence-electron chi connectivity index (χ4n) is 4.10. The number of nitrogens with zero attached hydrogens (tertiary/aromatic N) is 5. The molecule has 0 saturated heterocycles. The summed E-state index contributed by atoms with van der Waals surface area (Å²) in [7, 11) is 2.07. The van der Waals surface area contributed by atoms with Gasteiger partial charge in [0, 0.05) is 43.2 Å². The van der Waals surface area contributed by atoms with Crippen LogP contribution in [-0.4, -0.2) is 21.1 Å². The van der Waals surface area contributed by atoms with Crippen LogP contribution in [0.25, 0.3) is 10.9 Å². The lowest BCUT2D eigenvalue weighted by Gasteiger charge is -2.30. The zero-order chi connectivity index (χ0) is 19.3. The van der Waals surface area contributed by atoms with Crippen LogP contribution in [0.15, 0.2) is 18.3 Å². The molecule has 1 aromatic carbocycles. The Bertz CT molecular complexity index is 1090. The van der Waals surface area contributed by atoms with Gasteiger partial charge >= 0.3 is 0 Å². The largest absolute Gasteiger partial charge is 0.363 e. The summed E-state index contributed by atoms with van der Waals surface area (Å²) in [4.78, 5) is 11.4. The van der Waals surface area contributed by atoms with Crippen molar-refractivity contribution >= 4 is 16.6 Å². The van der Waals surface area contributed by atoms with E-state index in [1.807, 2.05) is 6.92 Å². The van der Waals surface area contributed by atoms with Crippen molar-refractivity contribution in [2.24, 2.45) is 7.05 Å². The van der Waals surface area contributed by atoms with Crippen molar-refractivity contribution in [2.45, 2.75) is 39.7 Å². The predicted molar refractivity (Wildman–Crippen MR) is 103 cm³/mol. The van der Waals surface area contributed by atoms with Crippen molar-refractivity contribution in [1.29, 1.82) is 5.26 Å². The number of hydrogen-bond donors (Lipinski definition) is 0. The van der Waals surface area contributed by atoms with Crippen LogP contribution in [0.4, 0.5) is 10.1 Å². The minimum absolute atomic E-state index is 0.309. The first-order valence-electron chi connectivity index (χ1n) is 9.19. The molecule has 0 radical (unpaired) electrons. The number of anilines is 1. The van der Waals surface area contributed by atoms with Crippen molar-refractivity contribution in [3.8, 4) is 6.07 Å². The molecule has 1 aliphatic rings. The smallest absolute Gasteiger partial charge is 0.124 e. The summed E-state index contributed by atoms with van der Waals surface area (Å²) in [6.45, 7) is 7.49. The van der Waals surface area contributed by atoms with Crippen LogP contribution in [0.5, 0.6) is 0 Å². The van der Waals surface area contributed by atoms with E-state index >= 15 is 0 Å². The number of aromatic nitrogens is 3. The average Bonchev–Trinajstić information content (AvgIpc) is 2.97. The zero-order valence-electron chi connectivity index (χ0n) is 16.0. The van der Waals surface area contributed by atoms with Gasteiger partial charge in [0.15, 0.2) is 0 Å². The van der Waals surface area contributed by atoms with Crippen LogP contribution in [0.1, 0.15) is 48.1 Å². The second-order valence-electron chi connectivity index (χ2n) is 7.50. The Kier molecular flexibility index (Phi) is 4.11. The van der Waals surface area contributed by atoms with Crippen molar-refractivity contribution in [3.05, 3.63) is 52.5 Å². The normalized spacial score (nSPS) is 13.9. The van der Waals surface area contributed by atoms with E-state index in [-0.39, 0.29) is 5.82 Å². The van der Waals surface area contributed by atoms with Crippen LogP contribution in [-0.2, 0) is 20.0 Å². The van der Waals surface area contributed by atoms with E-state index in [0.29, 0.717) is 23.4 Å². The van der Waals surface area contributed by atoms with E-state index < -0.39 is 0 Å². The third kappa shape index (κ3) is 2.74. The molecule has 0 amide bonds. The lowest BCUT2D eigenvalue weighted by Crippen LogP contribution is -2.32. The third-order valence-corrected chi connectivity index (χ3v) is 5.34.